The minimum Gasteiger partial charge on any atom is -0.394 e. The number of hydrogen-bond donors (Lipinski definition) is 3. The fourth-order valence-electron chi connectivity index (χ4n) is 1.70. The van der Waals surface area contributed by atoms with E-state index in [0.717, 1.165) is 15.7 Å². The summed E-state index contributed by atoms with van der Waals surface area (Å²) in [5.74, 6) is 0. The summed E-state index contributed by atoms with van der Waals surface area (Å²) in [6.07, 6.45) is -1.10. The van der Waals surface area contributed by atoms with Gasteiger partial charge in [-0.1, -0.05) is 15.9 Å². The summed E-state index contributed by atoms with van der Waals surface area (Å²) in [5.41, 5.74) is 1.76. The van der Waals surface area contributed by atoms with Gasteiger partial charge in [0.25, 0.3) is 0 Å². The topological polar surface area (TPSA) is 71.0 Å². The zero-order valence-corrected chi connectivity index (χ0v) is 11.4. The van der Waals surface area contributed by atoms with Gasteiger partial charge in [0.1, 0.15) is 0 Å². The summed E-state index contributed by atoms with van der Waals surface area (Å²) < 4.78 is 11.8. The van der Waals surface area contributed by atoms with E-state index in [2.05, 4.69) is 21.2 Å². The molecule has 3 N–H and O–H groups in total. The molecule has 5 nitrogen and oxygen atoms in total. The zero-order chi connectivity index (χ0) is 13.0. The van der Waals surface area contributed by atoms with Crippen LogP contribution in [0.5, 0.6) is 0 Å². The second-order valence-corrected chi connectivity index (χ2v) is 4.98. The van der Waals surface area contributed by atoms with Crippen molar-refractivity contribution in [3.05, 3.63) is 28.2 Å². The molecule has 1 fully saturated rings. The van der Waals surface area contributed by atoms with Crippen LogP contribution in [0.25, 0.3) is 0 Å². The number of aliphatic hydroxyl groups excluding tert-OH is 2. The number of hydrogen-bond acceptors (Lipinski definition) is 5. The molecule has 0 saturated carbocycles. The molecule has 100 valence electrons. The van der Waals surface area contributed by atoms with Gasteiger partial charge in [0.2, 0.25) is 0 Å². The predicted octanol–water partition coefficient (Wildman–Crippen LogP) is 1.26. The van der Waals surface area contributed by atoms with Crippen molar-refractivity contribution in [2.24, 2.45) is 0 Å². The van der Waals surface area contributed by atoms with E-state index in [9.17, 15) is 5.11 Å². The zero-order valence-electron chi connectivity index (χ0n) is 9.80. The second-order valence-electron chi connectivity index (χ2n) is 4.06. The van der Waals surface area contributed by atoms with E-state index in [1.54, 1.807) is 0 Å². The van der Waals surface area contributed by atoms with Crippen LogP contribution in [0.4, 0.5) is 5.69 Å². The first-order valence-corrected chi connectivity index (χ1v) is 6.55. The Morgan fingerprint density at radius 3 is 2.72 bits per heavy atom. The maximum Gasteiger partial charge on any atom is 0.184 e. The largest absolute Gasteiger partial charge is 0.394 e. The lowest BCUT2D eigenvalue weighted by Gasteiger charge is -2.14. The van der Waals surface area contributed by atoms with Crippen LogP contribution in [0.15, 0.2) is 22.7 Å². The molecule has 6 heteroatoms. The first kappa shape index (κ1) is 13.8. The summed E-state index contributed by atoms with van der Waals surface area (Å²) in [7, 11) is 0. The van der Waals surface area contributed by atoms with Gasteiger partial charge < -0.3 is 25.0 Å². The lowest BCUT2D eigenvalue weighted by molar-refractivity contribution is -0.0441. The third-order valence-electron chi connectivity index (χ3n) is 2.57. The normalized spacial score (nSPS) is 17.9. The molecule has 0 aliphatic carbocycles. The molecule has 1 atom stereocenters. The highest BCUT2D eigenvalue weighted by atomic mass is 79.9. The molecule has 1 aromatic rings. The van der Waals surface area contributed by atoms with Crippen LogP contribution in [0, 0.1) is 0 Å². The number of halogens is 1. The molecule has 1 heterocycles. The quantitative estimate of drug-likeness (QED) is 0.762. The van der Waals surface area contributed by atoms with Crippen LogP contribution < -0.4 is 5.32 Å². The van der Waals surface area contributed by atoms with Crippen molar-refractivity contribution in [1.82, 2.24) is 0 Å². The maximum atomic E-state index is 9.30. The summed E-state index contributed by atoms with van der Waals surface area (Å²) >= 11 is 3.42. The van der Waals surface area contributed by atoms with Crippen molar-refractivity contribution in [2.75, 3.05) is 31.7 Å². The van der Waals surface area contributed by atoms with Crippen LogP contribution in [-0.2, 0) is 9.47 Å². The highest BCUT2D eigenvalue weighted by Crippen LogP contribution is 2.28. The fourth-order valence-corrected chi connectivity index (χ4v) is 2.21. The van der Waals surface area contributed by atoms with Gasteiger partial charge in [0.15, 0.2) is 6.29 Å². The van der Waals surface area contributed by atoms with E-state index in [1.807, 2.05) is 18.2 Å². The minimum atomic E-state index is -0.772. The van der Waals surface area contributed by atoms with E-state index >= 15 is 0 Å². The van der Waals surface area contributed by atoms with Gasteiger partial charge in [-0.25, -0.2) is 0 Å². The van der Waals surface area contributed by atoms with Crippen LogP contribution in [0.1, 0.15) is 11.9 Å². The average Bonchev–Trinajstić information content (AvgIpc) is 2.89. The number of anilines is 1. The van der Waals surface area contributed by atoms with Gasteiger partial charge in [0.05, 0.1) is 25.9 Å². The smallest absolute Gasteiger partial charge is 0.184 e. The maximum absolute atomic E-state index is 9.30. The third-order valence-corrected chi connectivity index (χ3v) is 3.02. The Hall–Kier alpha value is -0.660. The molecule has 0 amide bonds. The Labute approximate surface area is 114 Å². The highest BCUT2D eigenvalue weighted by Gasteiger charge is 2.19. The number of aliphatic hydroxyl groups is 2. The number of rotatable bonds is 5. The molecule has 0 bridgehead atoms. The molecule has 1 unspecified atom stereocenters. The standard InChI is InChI=1S/C12H16BrNO4/c13-9-3-8(12-17-1-2-18-12)4-10(5-9)14-6-11(16)7-15/h3-5,11-12,14-16H,1-2,6-7H2. The van der Waals surface area contributed by atoms with Gasteiger partial charge in [-0.15, -0.1) is 0 Å². The van der Waals surface area contributed by atoms with Crippen molar-refractivity contribution in [2.45, 2.75) is 12.4 Å². The summed E-state index contributed by atoms with van der Waals surface area (Å²) in [6, 6.07) is 5.73. The molecule has 0 aromatic heterocycles. The van der Waals surface area contributed by atoms with Gasteiger partial charge in [-0.3, -0.25) is 0 Å². The minimum absolute atomic E-state index is 0.261. The van der Waals surface area contributed by atoms with E-state index in [-0.39, 0.29) is 12.9 Å². The molecule has 0 radical (unpaired) electrons. The van der Waals surface area contributed by atoms with Gasteiger partial charge >= 0.3 is 0 Å². The molecule has 1 aliphatic heterocycles. The van der Waals surface area contributed by atoms with E-state index < -0.39 is 6.10 Å². The van der Waals surface area contributed by atoms with Crippen LogP contribution in [-0.4, -0.2) is 42.7 Å². The van der Waals surface area contributed by atoms with Gasteiger partial charge in [-0.2, -0.15) is 0 Å². The number of nitrogens with one attached hydrogen (secondary N) is 1. The highest BCUT2D eigenvalue weighted by molar-refractivity contribution is 9.10. The molecular weight excluding hydrogens is 302 g/mol. The lowest BCUT2D eigenvalue weighted by Crippen LogP contribution is -2.23. The van der Waals surface area contributed by atoms with Crippen molar-refractivity contribution in [3.8, 4) is 0 Å². The van der Waals surface area contributed by atoms with Crippen molar-refractivity contribution >= 4 is 21.6 Å². The van der Waals surface area contributed by atoms with Crippen LogP contribution in [0.3, 0.4) is 0 Å². The van der Waals surface area contributed by atoms with Gasteiger partial charge in [0, 0.05) is 22.3 Å². The first-order chi connectivity index (χ1) is 8.69. The Kier molecular flexibility index (Phi) is 4.96. The lowest BCUT2D eigenvalue weighted by atomic mass is 10.2. The summed E-state index contributed by atoms with van der Waals surface area (Å²) in [4.78, 5) is 0. The fraction of sp³-hybridized carbons (Fsp3) is 0.500. The first-order valence-electron chi connectivity index (χ1n) is 5.75. The molecule has 1 saturated heterocycles. The predicted molar refractivity (Wildman–Crippen MR) is 70.4 cm³/mol. The Bertz CT molecular complexity index is 396. The third kappa shape index (κ3) is 3.66. The van der Waals surface area contributed by atoms with Crippen molar-refractivity contribution in [1.29, 1.82) is 0 Å². The van der Waals surface area contributed by atoms with E-state index in [1.165, 1.54) is 0 Å². The SMILES string of the molecule is OCC(O)CNc1cc(Br)cc(C2OCCO2)c1. The average molecular weight is 318 g/mol. The van der Waals surface area contributed by atoms with Crippen LogP contribution >= 0.6 is 15.9 Å². The number of ether oxygens (including phenoxy) is 2. The Morgan fingerprint density at radius 2 is 2.06 bits per heavy atom. The number of benzene rings is 1. The summed E-state index contributed by atoms with van der Waals surface area (Å²) in [5, 5.41) is 21.1. The van der Waals surface area contributed by atoms with Crippen molar-refractivity contribution < 1.29 is 19.7 Å². The Morgan fingerprint density at radius 1 is 1.33 bits per heavy atom. The monoisotopic (exact) mass is 317 g/mol. The summed E-state index contributed by atoms with van der Waals surface area (Å²) in [6.45, 7) is 1.23. The van der Waals surface area contributed by atoms with Gasteiger partial charge in [-0.05, 0) is 18.2 Å². The van der Waals surface area contributed by atoms with Crippen molar-refractivity contribution in [3.63, 3.8) is 0 Å². The van der Waals surface area contributed by atoms with E-state index in [4.69, 9.17) is 14.6 Å². The molecule has 1 aromatic carbocycles. The molecule has 1 aliphatic rings. The second kappa shape index (κ2) is 6.49. The van der Waals surface area contributed by atoms with E-state index in [0.29, 0.717) is 19.8 Å². The molecular formula is C12H16BrNO4. The molecule has 18 heavy (non-hydrogen) atoms. The van der Waals surface area contributed by atoms with Crippen LogP contribution in [0.2, 0.25) is 0 Å². The Balaban J connectivity index is 2.06. The molecule has 0 spiro atoms. The molecule has 2 rings (SSSR count).